The van der Waals surface area contributed by atoms with Crippen molar-refractivity contribution in [1.82, 2.24) is 10.6 Å². The molecule has 1 aromatic carbocycles. The predicted octanol–water partition coefficient (Wildman–Crippen LogP) is 3.65. The Hall–Kier alpha value is -1.60. The molecule has 4 nitrogen and oxygen atoms in total. The van der Waals surface area contributed by atoms with Gasteiger partial charge in [-0.2, -0.15) is 13.2 Å². The van der Waals surface area contributed by atoms with Crippen LogP contribution >= 0.6 is 0 Å². The van der Waals surface area contributed by atoms with Gasteiger partial charge in [0, 0.05) is 19.1 Å². The molecule has 28 heavy (non-hydrogen) atoms. The molecule has 0 atom stereocenters. The molecule has 0 bridgehead atoms. The van der Waals surface area contributed by atoms with Crippen molar-refractivity contribution in [3.05, 3.63) is 35.4 Å². The SMILES string of the molecule is COCC1(C(=O)NCC2(c3cccc(C(F)(F)F)c3)CCCC2)CCNCC1. The van der Waals surface area contributed by atoms with Crippen LogP contribution in [-0.2, 0) is 21.1 Å². The van der Waals surface area contributed by atoms with E-state index in [0.717, 1.165) is 44.8 Å². The molecule has 2 N–H and O–H groups in total. The molecular weight excluding hydrogens is 369 g/mol. The topological polar surface area (TPSA) is 50.4 Å². The summed E-state index contributed by atoms with van der Waals surface area (Å²) in [6, 6.07) is 5.60. The van der Waals surface area contributed by atoms with Crippen LogP contribution in [0.4, 0.5) is 13.2 Å². The number of nitrogens with one attached hydrogen (secondary N) is 2. The molecule has 0 unspecified atom stereocenters. The Labute approximate surface area is 164 Å². The fourth-order valence-electron chi connectivity index (χ4n) is 4.70. The number of alkyl halides is 3. The third-order valence-corrected chi connectivity index (χ3v) is 6.41. The first-order chi connectivity index (χ1) is 13.3. The van der Waals surface area contributed by atoms with E-state index in [4.69, 9.17) is 4.74 Å². The zero-order valence-corrected chi connectivity index (χ0v) is 16.3. The van der Waals surface area contributed by atoms with Crippen LogP contribution in [-0.4, -0.2) is 39.3 Å². The van der Waals surface area contributed by atoms with Gasteiger partial charge in [0.15, 0.2) is 0 Å². The van der Waals surface area contributed by atoms with Gasteiger partial charge in [0.1, 0.15) is 0 Å². The van der Waals surface area contributed by atoms with Gasteiger partial charge in [0.05, 0.1) is 17.6 Å². The number of carbonyl (C=O) groups excluding carboxylic acids is 1. The fourth-order valence-corrected chi connectivity index (χ4v) is 4.70. The lowest BCUT2D eigenvalue weighted by Gasteiger charge is -2.37. The predicted molar refractivity (Wildman–Crippen MR) is 101 cm³/mol. The number of amides is 1. The number of benzene rings is 1. The Balaban J connectivity index is 1.79. The summed E-state index contributed by atoms with van der Waals surface area (Å²) in [5.41, 5.74) is -0.950. The van der Waals surface area contributed by atoms with Gasteiger partial charge < -0.3 is 15.4 Å². The summed E-state index contributed by atoms with van der Waals surface area (Å²) >= 11 is 0. The van der Waals surface area contributed by atoms with Crippen LogP contribution in [0.2, 0.25) is 0 Å². The van der Waals surface area contributed by atoms with Crippen LogP contribution in [0.3, 0.4) is 0 Å². The van der Waals surface area contributed by atoms with Crippen molar-refractivity contribution in [3.8, 4) is 0 Å². The van der Waals surface area contributed by atoms with E-state index in [1.807, 2.05) is 0 Å². The Morgan fingerprint density at radius 3 is 2.46 bits per heavy atom. The number of piperidine rings is 1. The van der Waals surface area contributed by atoms with E-state index in [9.17, 15) is 18.0 Å². The van der Waals surface area contributed by atoms with Crippen molar-refractivity contribution >= 4 is 5.91 Å². The number of rotatable bonds is 6. The largest absolute Gasteiger partial charge is 0.416 e. The van der Waals surface area contributed by atoms with E-state index in [-0.39, 0.29) is 5.91 Å². The minimum Gasteiger partial charge on any atom is -0.384 e. The molecule has 1 saturated heterocycles. The first-order valence-electron chi connectivity index (χ1n) is 9.97. The van der Waals surface area contributed by atoms with Crippen molar-refractivity contribution in [3.63, 3.8) is 0 Å². The molecule has 1 amide bonds. The third kappa shape index (κ3) is 4.35. The van der Waals surface area contributed by atoms with Gasteiger partial charge in [-0.25, -0.2) is 0 Å². The van der Waals surface area contributed by atoms with Crippen molar-refractivity contribution in [2.75, 3.05) is 33.4 Å². The van der Waals surface area contributed by atoms with Crippen molar-refractivity contribution in [1.29, 1.82) is 0 Å². The number of halogens is 3. The van der Waals surface area contributed by atoms with Crippen LogP contribution in [0.25, 0.3) is 0 Å². The lowest BCUT2D eigenvalue weighted by atomic mass is 9.76. The number of methoxy groups -OCH3 is 1. The molecular formula is C21H29F3N2O2. The van der Waals surface area contributed by atoms with Gasteiger partial charge in [-0.1, -0.05) is 31.0 Å². The van der Waals surface area contributed by atoms with E-state index in [1.165, 1.54) is 12.1 Å². The number of hydrogen-bond acceptors (Lipinski definition) is 3. The molecule has 1 aliphatic carbocycles. The maximum Gasteiger partial charge on any atom is 0.416 e. The molecule has 2 aliphatic rings. The zero-order chi connectivity index (χ0) is 20.3. The minimum atomic E-state index is -4.36. The van der Waals surface area contributed by atoms with Crippen molar-refractivity contribution in [2.24, 2.45) is 5.41 Å². The Kier molecular flexibility index (Phi) is 6.34. The zero-order valence-electron chi connectivity index (χ0n) is 16.3. The van der Waals surface area contributed by atoms with Gasteiger partial charge in [-0.15, -0.1) is 0 Å². The van der Waals surface area contributed by atoms with E-state index in [1.54, 1.807) is 13.2 Å². The van der Waals surface area contributed by atoms with Crippen LogP contribution in [0.5, 0.6) is 0 Å². The number of ether oxygens (including phenoxy) is 1. The molecule has 1 aliphatic heterocycles. The summed E-state index contributed by atoms with van der Waals surface area (Å²) in [6.45, 7) is 2.24. The third-order valence-electron chi connectivity index (χ3n) is 6.41. The van der Waals surface area contributed by atoms with E-state index in [0.29, 0.717) is 31.6 Å². The summed E-state index contributed by atoms with van der Waals surface area (Å²) in [5, 5.41) is 6.35. The van der Waals surface area contributed by atoms with Crippen LogP contribution in [0, 0.1) is 5.41 Å². The smallest absolute Gasteiger partial charge is 0.384 e. The van der Waals surface area contributed by atoms with Gasteiger partial charge in [0.2, 0.25) is 5.91 Å². The Morgan fingerprint density at radius 1 is 1.18 bits per heavy atom. The van der Waals surface area contributed by atoms with Gasteiger partial charge in [-0.3, -0.25) is 4.79 Å². The average molecular weight is 398 g/mol. The minimum absolute atomic E-state index is 0.0471. The maximum absolute atomic E-state index is 13.2. The maximum atomic E-state index is 13.2. The quantitative estimate of drug-likeness (QED) is 0.769. The molecule has 3 rings (SSSR count). The second-order valence-corrected chi connectivity index (χ2v) is 8.21. The summed E-state index contributed by atoms with van der Waals surface area (Å²) in [6.07, 6.45) is 0.516. The molecule has 7 heteroatoms. The second-order valence-electron chi connectivity index (χ2n) is 8.21. The molecule has 1 aromatic rings. The van der Waals surface area contributed by atoms with Gasteiger partial charge in [-0.05, 0) is 50.4 Å². The summed E-state index contributed by atoms with van der Waals surface area (Å²) in [5.74, 6) is -0.0471. The summed E-state index contributed by atoms with van der Waals surface area (Å²) in [7, 11) is 1.60. The highest BCUT2D eigenvalue weighted by atomic mass is 19.4. The van der Waals surface area contributed by atoms with Crippen molar-refractivity contribution in [2.45, 2.75) is 50.1 Å². The second kappa shape index (κ2) is 8.41. The molecule has 0 aromatic heterocycles. The van der Waals surface area contributed by atoms with Crippen molar-refractivity contribution < 1.29 is 22.7 Å². The monoisotopic (exact) mass is 398 g/mol. The Bertz CT molecular complexity index is 673. The van der Waals surface area contributed by atoms with E-state index < -0.39 is 22.6 Å². The molecule has 0 radical (unpaired) electrons. The first kappa shape index (κ1) is 21.1. The van der Waals surface area contributed by atoms with E-state index >= 15 is 0 Å². The summed E-state index contributed by atoms with van der Waals surface area (Å²) < 4.78 is 44.9. The molecule has 1 heterocycles. The van der Waals surface area contributed by atoms with Gasteiger partial charge in [0.25, 0.3) is 0 Å². The Morgan fingerprint density at radius 2 is 1.86 bits per heavy atom. The van der Waals surface area contributed by atoms with Crippen LogP contribution in [0.1, 0.15) is 49.7 Å². The number of carbonyl (C=O) groups is 1. The highest BCUT2D eigenvalue weighted by Gasteiger charge is 2.42. The summed E-state index contributed by atoms with van der Waals surface area (Å²) in [4.78, 5) is 13.1. The molecule has 2 fully saturated rings. The standard InChI is InChI=1S/C21H29F3N2O2/c1-28-15-20(9-11-25-12-10-20)18(27)26-14-19(7-2-3-8-19)16-5-4-6-17(13-16)21(22,23)24/h4-6,13,25H,2-3,7-12,14-15H2,1H3,(H,26,27). The van der Waals surface area contributed by atoms with Gasteiger partial charge >= 0.3 is 6.18 Å². The average Bonchev–Trinajstić information content (AvgIpc) is 3.17. The van der Waals surface area contributed by atoms with E-state index in [2.05, 4.69) is 10.6 Å². The lowest BCUT2D eigenvalue weighted by molar-refractivity contribution is -0.138. The highest BCUT2D eigenvalue weighted by Crippen LogP contribution is 2.42. The van der Waals surface area contributed by atoms with Crippen LogP contribution < -0.4 is 10.6 Å². The van der Waals surface area contributed by atoms with Crippen LogP contribution in [0.15, 0.2) is 24.3 Å². The highest BCUT2D eigenvalue weighted by molar-refractivity contribution is 5.83. The number of hydrogen-bond donors (Lipinski definition) is 2. The lowest BCUT2D eigenvalue weighted by Crippen LogP contribution is -2.52. The first-order valence-corrected chi connectivity index (χ1v) is 9.97. The molecule has 0 spiro atoms. The molecule has 156 valence electrons. The molecule has 1 saturated carbocycles. The normalized spacial score (nSPS) is 21.4. The fraction of sp³-hybridized carbons (Fsp3) is 0.667.